The normalized spacial score (nSPS) is 12.9. The van der Waals surface area contributed by atoms with Gasteiger partial charge in [-0.3, -0.25) is 9.59 Å². The minimum Gasteiger partial charge on any atom is -0.342 e. The monoisotopic (exact) mass is 476 g/mol. The summed E-state index contributed by atoms with van der Waals surface area (Å²) in [5.41, 5.74) is 0.863. The highest BCUT2D eigenvalue weighted by molar-refractivity contribution is 8.00. The molecule has 2 aromatic heterocycles. The van der Waals surface area contributed by atoms with E-state index in [9.17, 15) is 14.0 Å². The number of hydrogen-bond acceptors (Lipinski definition) is 7. The Morgan fingerprint density at radius 2 is 1.94 bits per heavy atom. The zero-order chi connectivity index (χ0) is 23.4. The van der Waals surface area contributed by atoms with Gasteiger partial charge in [-0.15, -0.1) is 21.5 Å². The summed E-state index contributed by atoms with van der Waals surface area (Å²) in [7, 11) is 0. The van der Waals surface area contributed by atoms with Gasteiger partial charge in [-0.1, -0.05) is 23.9 Å². The highest BCUT2D eigenvalue weighted by atomic mass is 32.2. The fourth-order valence-corrected chi connectivity index (χ4v) is 4.67. The van der Waals surface area contributed by atoms with Crippen LogP contribution in [-0.4, -0.2) is 36.8 Å². The van der Waals surface area contributed by atoms with Gasteiger partial charge in [-0.25, -0.2) is 9.37 Å². The summed E-state index contributed by atoms with van der Waals surface area (Å²) >= 11 is 2.71. The Labute approximate surface area is 194 Å². The lowest BCUT2D eigenvalue weighted by atomic mass is 10.2. The third-order valence-corrected chi connectivity index (χ3v) is 6.89. The van der Waals surface area contributed by atoms with Crippen molar-refractivity contribution in [2.24, 2.45) is 0 Å². The maximum Gasteiger partial charge on any atom is 0.254 e. The Balaban J connectivity index is 1.68. The first kappa shape index (κ1) is 23.9. The number of hydrogen-bond donors (Lipinski definition) is 2. The maximum atomic E-state index is 13.9. The van der Waals surface area contributed by atoms with E-state index in [1.165, 1.54) is 41.3 Å². The largest absolute Gasteiger partial charge is 0.342 e. The molecule has 0 aliphatic heterocycles. The fourth-order valence-electron chi connectivity index (χ4n) is 2.93. The molecule has 3 rings (SSSR count). The van der Waals surface area contributed by atoms with E-state index in [2.05, 4.69) is 25.8 Å². The van der Waals surface area contributed by atoms with Gasteiger partial charge >= 0.3 is 0 Å². The highest BCUT2D eigenvalue weighted by Gasteiger charge is 2.24. The Morgan fingerprint density at radius 1 is 1.22 bits per heavy atom. The minimum absolute atomic E-state index is 0.0329. The number of benzene rings is 1. The first-order valence-electron chi connectivity index (χ1n) is 10.1. The first-order valence-corrected chi connectivity index (χ1v) is 11.8. The molecule has 1 aromatic carbocycles. The van der Waals surface area contributed by atoms with Gasteiger partial charge in [-0.2, -0.15) is 0 Å². The second-order valence-electron chi connectivity index (χ2n) is 7.17. The van der Waals surface area contributed by atoms with Gasteiger partial charge in [0.1, 0.15) is 5.82 Å². The van der Waals surface area contributed by atoms with E-state index in [1.54, 1.807) is 19.9 Å². The van der Waals surface area contributed by atoms with E-state index in [1.807, 2.05) is 25.3 Å². The van der Waals surface area contributed by atoms with Crippen molar-refractivity contribution in [2.75, 3.05) is 5.32 Å². The number of carbonyl (C=O) groups excluding carboxylic acids is 2. The number of anilines is 1. The van der Waals surface area contributed by atoms with E-state index in [4.69, 9.17) is 0 Å². The number of thiazole rings is 1. The van der Waals surface area contributed by atoms with E-state index in [0.717, 1.165) is 10.6 Å². The molecule has 170 valence electrons. The number of rotatable bonds is 8. The lowest BCUT2D eigenvalue weighted by molar-refractivity contribution is -0.115. The van der Waals surface area contributed by atoms with Crippen molar-refractivity contribution in [3.05, 3.63) is 52.0 Å². The van der Waals surface area contributed by atoms with Crippen molar-refractivity contribution in [1.82, 2.24) is 25.1 Å². The summed E-state index contributed by atoms with van der Waals surface area (Å²) in [6, 6.07) is 5.29. The van der Waals surface area contributed by atoms with E-state index < -0.39 is 23.0 Å². The van der Waals surface area contributed by atoms with Crippen LogP contribution in [0.5, 0.6) is 0 Å². The quantitative estimate of drug-likeness (QED) is 0.474. The average molecular weight is 477 g/mol. The molecule has 0 spiro atoms. The van der Waals surface area contributed by atoms with E-state index in [0.29, 0.717) is 22.7 Å². The summed E-state index contributed by atoms with van der Waals surface area (Å²) in [6.07, 6.45) is 0. The van der Waals surface area contributed by atoms with Crippen molar-refractivity contribution in [2.45, 2.75) is 57.6 Å². The van der Waals surface area contributed by atoms with Crippen LogP contribution in [0.4, 0.5) is 9.52 Å². The van der Waals surface area contributed by atoms with Crippen molar-refractivity contribution in [3.63, 3.8) is 0 Å². The molecule has 8 nitrogen and oxygen atoms in total. The molecule has 2 atom stereocenters. The van der Waals surface area contributed by atoms with Crippen LogP contribution in [0.15, 0.2) is 29.4 Å². The van der Waals surface area contributed by atoms with Crippen molar-refractivity contribution < 1.29 is 14.0 Å². The van der Waals surface area contributed by atoms with Crippen molar-refractivity contribution in [1.29, 1.82) is 0 Å². The van der Waals surface area contributed by atoms with Crippen LogP contribution in [0.3, 0.4) is 0 Å². The van der Waals surface area contributed by atoms with Gasteiger partial charge in [0.15, 0.2) is 16.1 Å². The van der Waals surface area contributed by atoms with Gasteiger partial charge in [0.05, 0.1) is 22.5 Å². The predicted molar refractivity (Wildman–Crippen MR) is 124 cm³/mol. The average Bonchev–Trinajstić information content (AvgIpc) is 3.30. The number of halogens is 1. The number of amides is 2. The van der Waals surface area contributed by atoms with Crippen LogP contribution in [0.25, 0.3) is 0 Å². The third-order valence-electron chi connectivity index (χ3n) is 4.83. The van der Waals surface area contributed by atoms with Crippen molar-refractivity contribution in [3.8, 4) is 0 Å². The molecule has 0 fully saturated rings. The highest BCUT2D eigenvalue weighted by Crippen LogP contribution is 2.27. The summed E-state index contributed by atoms with van der Waals surface area (Å²) in [5, 5.41) is 14.7. The first-order chi connectivity index (χ1) is 15.2. The lowest BCUT2D eigenvalue weighted by Crippen LogP contribution is -2.29. The molecule has 2 amide bonds. The Morgan fingerprint density at radius 3 is 2.56 bits per heavy atom. The van der Waals surface area contributed by atoms with Crippen molar-refractivity contribution >= 4 is 40.0 Å². The molecule has 0 aliphatic carbocycles. The van der Waals surface area contributed by atoms with Gasteiger partial charge in [0, 0.05) is 11.4 Å². The smallest absolute Gasteiger partial charge is 0.254 e. The number of aromatic nitrogens is 4. The molecule has 0 aliphatic rings. The molecular formula is C21H25FN6O2S2. The summed E-state index contributed by atoms with van der Waals surface area (Å²) < 4.78 is 15.7. The molecule has 0 saturated heterocycles. The summed E-state index contributed by atoms with van der Waals surface area (Å²) in [4.78, 5) is 30.4. The topological polar surface area (TPSA) is 102 Å². The Bertz CT molecular complexity index is 1110. The predicted octanol–water partition coefficient (Wildman–Crippen LogP) is 4.12. The third kappa shape index (κ3) is 5.33. The van der Waals surface area contributed by atoms with Crippen LogP contribution < -0.4 is 10.6 Å². The maximum absolute atomic E-state index is 13.9. The zero-order valence-corrected chi connectivity index (χ0v) is 20.1. The second kappa shape index (κ2) is 10.2. The van der Waals surface area contributed by atoms with Gasteiger partial charge < -0.3 is 15.2 Å². The standard InChI is InChI=1S/C21H25FN6O2S2/c1-6-28-17(12(3)23-19(30)15-9-7-8-10-16(15)22)26-27-21(28)32-14(5)18(29)25-20-24-11(2)13(4)31-20/h7-10,12,14H,6H2,1-5H3,(H,23,30)(H,24,25,29)/t12-,14-/m0/s1. The second-order valence-corrected chi connectivity index (χ2v) is 9.68. The summed E-state index contributed by atoms with van der Waals surface area (Å²) in [6.45, 7) is 9.87. The Hall–Kier alpha value is -2.79. The molecule has 3 aromatic rings. The van der Waals surface area contributed by atoms with Gasteiger partial charge in [-0.05, 0) is 46.8 Å². The van der Waals surface area contributed by atoms with Crippen LogP contribution in [0.1, 0.15) is 53.6 Å². The molecule has 2 N–H and O–H groups in total. The molecule has 11 heteroatoms. The van der Waals surface area contributed by atoms with Crippen LogP contribution >= 0.6 is 23.1 Å². The Kier molecular flexibility index (Phi) is 7.62. The summed E-state index contributed by atoms with van der Waals surface area (Å²) in [5.74, 6) is -0.775. The molecule has 0 bridgehead atoms. The van der Waals surface area contributed by atoms with Crippen LogP contribution in [0.2, 0.25) is 0 Å². The number of aryl methyl sites for hydroxylation is 2. The zero-order valence-electron chi connectivity index (χ0n) is 18.5. The molecule has 0 unspecified atom stereocenters. The fraction of sp³-hybridized carbons (Fsp3) is 0.381. The SMILES string of the molecule is CCn1c(S[C@@H](C)C(=O)Nc2nc(C)c(C)s2)nnc1[C@H](C)NC(=O)c1ccccc1F. The molecule has 0 saturated carbocycles. The van der Waals surface area contributed by atoms with E-state index in [-0.39, 0.29) is 11.5 Å². The lowest BCUT2D eigenvalue weighted by Gasteiger charge is -2.16. The number of carbonyl (C=O) groups is 2. The van der Waals surface area contributed by atoms with Gasteiger partial charge in [0.2, 0.25) is 5.91 Å². The molecule has 0 radical (unpaired) electrons. The van der Waals surface area contributed by atoms with Crippen LogP contribution in [0, 0.1) is 19.7 Å². The number of nitrogens with zero attached hydrogens (tertiary/aromatic N) is 4. The number of thioether (sulfide) groups is 1. The minimum atomic E-state index is -0.587. The van der Waals surface area contributed by atoms with Gasteiger partial charge in [0.25, 0.3) is 5.91 Å². The van der Waals surface area contributed by atoms with E-state index >= 15 is 0 Å². The van der Waals surface area contributed by atoms with Crippen LogP contribution in [-0.2, 0) is 11.3 Å². The molecule has 2 heterocycles. The molecule has 32 heavy (non-hydrogen) atoms. The number of nitrogens with one attached hydrogen (secondary N) is 2. The molecular weight excluding hydrogens is 451 g/mol.